The average molecular weight is 363 g/mol. The summed E-state index contributed by atoms with van der Waals surface area (Å²) in [4.78, 5) is 32.4. The summed E-state index contributed by atoms with van der Waals surface area (Å²) < 4.78 is 5.71. The van der Waals surface area contributed by atoms with Crippen LogP contribution in [0.5, 0.6) is 5.75 Å². The number of rotatable bonds is 5. The van der Waals surface area contributed by atoms with E-state index in [-0.39, 0.29) is 18.1 Å². The molecule has 0 saturated heterocycles. The Morgan fingerprint density at radius 1 is 1.00 bits per heavy atom. The third-order valence-electron chi connectivity index (χ3n) is 3.58. The predicted molar refractivity (Wildman–Crippen MR) is 98.8 cm³/mol. The van der Waals surface area contributed by atoms with E-state index in [0.717, 1.165) is 10.6 Å². The third kappa shape index (κ3) is 4.57. The summed E-state index contributed by atoms with van der Waals surface area (Å²) in [6, 6.07) is 14.6. The van der Waals surface area contributed by atoms with Gasteiger partial charge in [-0.2, -0.15) is 0 Å². The monoisotopic (exact) mass is 363 g/mol. The molecule has 0 spiro atoms. The van der Waals surface area contributed by atoms with E-state index in [1.165, 1.54) is 6.20 Å². The molecule has 1 aromatic carbocycles. The Morgan fingerprint density at radius 3 is 2.44 bits per heavy atom. The van der Waals surface area contributed by atoms with Crippen molar-refractivity contribution in [3.8, 4) is 5.75 Å². The number of urea groups is 1. The average Bonchev–Trinajstić information content (AvgIpc) is 2.71. The van der Waals surface area contributed by atoms with Crippen molar-refractivity contribution >= 4 is 17.6 Å². The van der Waals surface area contributed by atoms with Gasteiger partial charge in [-0.3, -0.25) is 15.2 Å². The maximum atomic E-state index is 12.7. The van der Waals surface area contributed by atoms with Gasteiger partial charge < -0.3 is 10.5 Å². The Morgan fingerprint density at radius 2 is 1.74 bits per heavy atom. The minimum Gasteiger partial charge on any atom is -0.486 e. The Kier molecular flexibility index (Phi) is 5.58. The van der Waals surface area contributed by atoms with Crippen LogP contribution in [-0.4, -0.2) is 21.9 Å². The maximum absolute atomic E-state index is 12.7. The topological polar surface area (TPSA) is 110 Å². The fraction of sp³-hybridized carbons (Fsp3) is 0.0526. The zero-order chi connectivity index (χ0) is 19.1. The predicted octanol–water partition coefficient (Wildman–Crippen LogP) is 2.29. The minimum atomic E-state index is -0.829. The first kappa shape index (κ1) is 17.9. The number of hydrogen-bond donors (Lipinski definition) is 2. The maximum Gasteiger partial charge on any atom is 0.338 e. The summed E-state index contributed by atoms with van der Waals surface area (Å²) in [5, 5.41) is 0.948. The number of hydrazine groups is 1. The molecule has 3 amide bonds. The number of ether oxygens (including phenoxy) is 1. The number of amides is 3. The Balaban J connectivity index is 1.77. The number of carbonyl (C=O) groups is 2. The van der Waals surface area contributed by atoms with Crippen molar-refractivity contribution in [2.45, 2.75) is 6.61 Å². The lowest BCUT2D eigenvalue weighted by Crippen LogP contribution is -2.49. The SMILES string of the molecule is NC(=O)N(NC(=O)c1ncccc1OCc1ccncc1)c1ccccc1. The molecule has 8 nitrogen and oxygen atoms in total. The number of carbonyl (C=O) groups excluding carboxylic acids is 2. The number of benzene rings is 1. The number of para-hydroxylation sites is 1. The molecule has 0 bridgehead atoms. The van der Waals surface area contributed by atoms with Gasteiger partial charge in [0.05, 0.1) is 5.69 Å². The van der Waals surface area contributed by atoms with Gasteiger partial charge in [-0.05, 0) is 42.0 Å². The summed E-state index contributed by atoms with van der Waals surface area (Å²) in [6.45, 7) is 0.243. The standard InChI is InChI=1S/C19H17N5O3/c20-19(26)24(15-5-2-1-3-6-15)23-18(25)17-16(7-4-10-22-17)27-13-14-8-11-21-12-9-14/h1-12H,13H2,(H2,20,26)(H,23,25). The van der Waals surface area contributed by atoms with Gasteiger partial charge in [0.2, 0.25) is 0 Å². The number of nitrogens with zero attached hydrogens (tertiary/aromatic N) is 3. The highest BCUT2D eigenvalue weighted by atomic mass is 16.5. The number of primary amides is 1. The van der Waals surface area contributed by atoms with E-state index >= 15 is 0 Å². The molecule has 0 radical (unpaired) electrons. The first-order valence-corrected chi connectivity index (χ1v) is 8.07. The zero-order valence-corrected chi connectivity index (χ0v) is 14.3. The van der Waals surface area contributed by atoms with Crippen molar-refractivity contribution in [2.75, 3.05) is 5.01 Å². The van der Waals surface area contributed by atoms with Gasteiger partial charge >= 0.3 is 6.03 Å². The van der Waals surface area contributed by atoms with Crippen LogP contribution in [0.3, 0.4) is 0 Å². The molecule has 0 unspecified atom stereocenters. The lowest BCUT2D eigenvalue weighted by Gasteiger charge is -2.21. The van der Waals surface area contributed by atoms with E-state index in [9.17, 15) is 9.59 Å². The van der Waals surface area contributed by atoms with Gasteiger partial charge in [0, 0.05) is 18.6 Å². The number of aromatic nitrogens is 2. The Bertz CT molecular complexity index is 919. The van der Waals surface area contributed by atoms with Crippen LogP contribution in [0.25, 0.3) is 0 Å². The third-order valence-corrected chi connectivity index (χ3v) is 3.58. The van der Waals surface area contributed by atoms with Gasteiger partial charge in [-0.25, -0.2) is 14.8 Å². The van der Waals surface area contributed by atoms with Crippen LogP contribution < -0.4 is 20.9 Å². The number of pyridine rings is 2. The van der Waals surface area contributed by atoms with Gasteiger partial charge in [-0.1, -0.05) is 18.2 Å². The fourth-order valence-electron chi connectivity index (χ4n) is 2.30. The minimum absolute atomic E-state index is 0.0359. The number of anilines is 1. The van der Waals surface area contributed by atoms with Crippen LogP contribution in [0.1, 0.15) is 16.1 Å². The van der Waals surface area contributed by atoms with E-state index in [1.54, 1.807) is 67.0 Å². The van der Waals surface area contributed by atoms with Crippen LogP contribution in [-0.2, 0) is 6.61 Å². The Hall–Kier alpha value is -3.94. The van der Waals surface area contributed by atoms with Gasteiger partial charge in [-0.15, -0.1) is 0 Å². The van der Waals surface area contributed by atoms with E-state index in [1.807, 2.05) is 0 Å². The number of hydrogen-bond acceptors (Lipinski definition) is 5. The molecule has 2 aromatic heterocycles. The molecule has 27 heavy (non-hydrogen) atoms. The molecule has 0 fully saturated rings. The molecule has 2 heterocycles. The van der Waals surface area contributed by atoms with Gasteiger partial charge in [0.1, 0.15) is 6.61 Å². The summed E-state index contributed by atoms with van der Waals surface area (Å²) in [5.41, 5.74) is 9.19. The first-order valence-electron chi connectivity index (χ1n) is 8.07. The molecule has 0 atom stereocenters. The summed E-state index contributed by atoms with van der Waals surface area (Å²) in [6.07, 6.45) is 4.77. The van der Waals surface area contributed by atoms with E-state index in [4.69, 9.17) is 10.5 Å². The zero-order valence-electron chi connectivity index (χ0n) is 14.3. The smallest absolute Gasteiger partial charge is 0.338 e. The van der Waals surface area contributed by atoms with E-state index in [2.05, 4.69) is 15.4 Å². The van der Waals surface area contributed by atoms with Crippen molar-refractivity contribution in [1.82, 2.24) is 15.4 Å². The summed E-state index contributed by atoms with van der Waals surface area (Å²) in [5.74, 6) is -0.340. The molecule has 8 heteroatoms. The van der Waals surface area contributed by atoms with Crippen LogP contribution in [0.15, 0.2) is 73.2 Å². The van der Waals surface area contributed by atoms with Crippen molar-refractivity contribution in [3.05, 3.63) is 84.4 Å². The highest BCUT2D eigenvalue weighted by Crippen LogP contribution is 2.18. The molecule has 3 rings (SSSR count). The molecule has 0 saturated carbocycles. The van der Waals surface area contributed by atoms with Crippen LogP contribution in [0.2, 0.25) is 0 Å². The highest BCUT2D eigenvalue weighted by molar-refractivity contribution is 6.00. The molecular weight excluding hydrogens is 346 g/mol. The fourth-order valence-corrected chi connectivity index (χ4v) is 2.30. The molecular formula is C19H17N5O3. The van der Waals surface area contributed by atoms with E-state index in [0.29, 0.717) is 5.69 Å². The van der Waals surface area contributed by atoms with Crippen LogP contribution in [0.4, 0.5) is 10.5 Å². The van der Waals surface area contributed by atoms with Crippen LogP contribution in [0, 0.1) is 0 Å². The molecule has 0 aliphatic carbocycles. The van der Waals surface area contributed by atoms with E-state index < -0.39 is 11.9 Å². The van der Waals surface area contributed by atoms with Crippen molar-refractivity contribution < 1.29 is 14.3 Å². The summed E-state index contributed by atoms with van der Waals surface area (Å²) in [7, 11) is 0. The molecule has 0 aliphatic rings. The lowest BCUT2D eigenvalue weighted by atomic mass is 10.3. The van der Waals surface area contributed by atoms with Crippen LogP contribution >= 0.6 is 0 Å². The van der Waals surface area contributed by atoms with Crippen molar-refractivity contribution in [1.29, 1.82) is 0 Å². The summed E-state index contributed by atoms with van der Waals surface area (Å²) >= 11 is 0. The highest BCUT2D eigenvalue weighted by Gasteiger charge is 2.20. The molecule has 136 valence electrons. The Labute approximate surface area is 155 Å². The lowest BCUT2D eigenvalue weighted by molar-refractivity contribution is 0.0941. The van der Waals surface area contributed by atoms with Gasteiger partial charge in [0.15, 0.2) is 11.4 Å². The van der Waals surface area contributed by atoms with Crippen molar-refractivity contribution in [3.63, 3.8) is 0 Å². The quantitative estimate of drug-likeness (QED) is 0.676. The second-order valence-corrected chi connectivity index (χ2v) is 5.44. The molecule has 3 aromatic rings. The number of nitrogens with one attached hydrogen (secondary N) is 1. The second kappa shape index (κ2) is 8.43. The second-order valence-electron chi connectivity index (χ2n) is 5.44. The first-order chi connectivity index (χ1) is 13.1. The number of nitrogens with two attached hydrogens (primary N) is 1. The molecule has 3 N–H and O–H groups in total. The molecule has 0 aliphatic heterocycles. The van der Waals surface area contributed by atoms with Gasteiger partial charge in [0.25, 0.3) is 5.91 Å². The normalized spacial score (nSPS) is 10.1. The van der Waals surface area contributed by atoms with Crippen molar-refractivity contribution in [2.24, 2.45) is 5.73 Å². The largest absolute Gasteiger partial charge is 0.486 e.